The highest BCUT2D eigenvalue weighted by atomic mass is 16.6. The Labute approximate surface area is 206 Å². The molecule has 1 aliphatic rings. The standard InChI is InChI=1S/C28H32N4O3/c1-28(2,3)35-27(34)32(20-15-18-29-19-16-20)25-14-7-5-11-22(25)26(33)31-24-13-6-4-10-21(24)23-12-8-9-17-30-23/h4-14,17,20,29H,15-16,18-19H2,1-3H3,(H,31,33). The van der Waals surface area contributed by atoms with Crippen molar-refractivity contribution < 1.29 is 14.3 Å². The number of hydrogen-bond donors (Lipinski definition) is 2. The lowest BCUT2D eigenvalue weighted by Crippen LogP contribution is -2.48. The predicted molar refractivity (Wildman–Crippen MR) is 139 cm³/mol. The van der Waals surface area contributed by atoms with Crippen LogP contribution in [0.3, 0.4) is 0 Å². The Bertz CT molecular complexity index is 1170. The third-order valence-corrected chi connectivity index (χ3v) is 5.79. The van der Waals surface area contributed by atoms with Crippen molar-refractivity contribution in [3.63, 3.8) is 0 Å². The normalized spacial score (nSPS) is 14.3. The molecule has 7 nitrogen and oxygen atoms in total. The molecule has 4 rings (SSSR count). The van der Waals surface area contributed by atoms with Gasteiger partial charge in [-0.2, -0.15) is 0 Å². The molecule has 2 heterocycles. The quantitative estimate of drug-likeness (QED) is 0.513. The summed E-state index contributed by atoms with van der Waals surface area (Å²) in [5, 5.41) is 6.38. The van der Waals surface area contributed by atoms with Gasteiger partial charge in [0, 0.05) is 17.8 Å². The van der Waals surface area contributed by atoms with Crippen LogP contribution in [-0.2, 0) is 4.74 Å². The van der Waals surface area contributed by atoms with Gasteiger partial charge in [-0.1, -0.05) is 36.4 Å². The van der Waals surface area contributed by atoms with E-state index in [0.29, 0.717) is 16.9 Å². The molecule has 1 fully saturated rings. The molecule has 7 heteroatoms. The second-order valence-electron chi connectivity index (χ2n) is 9.56. The second kappa shape index (κ2) is 10.7. The molecule has 1 saturated heterocycles. The summed E-state index contributed by atoms with van der Waals surface area (Å²) in [7, 11) is 0. The van der Waals surface area contributed by atoms with Crippen molar-refractivity contribution in [3.8, 4) is 11.3 Å². The molecule has 0 spiro atoms. The fraction of sp³-hybridized carbons (Fsp3) is 0.321. The number of carbonyl (C=O) groups excluding carboxylic acids is 2. The number of anilines is 2. The third kappa shape index (κ3) is 6.05. The van der Waals surface area contributed by atoms with Gasteiger partial charge in [-0.3, -0.25) is 14.7 Å². The molecule has 0 saturated carbocycles. The van der Waals surface area contributed by atoms with Crippen LogP contribution in [-0.4, -0.2) is 41.7 Å². The van der Waals surface area contributed by atoms with E-state index in [1.165, 1.54) is 0 Å². The highest BCUT2D eigenvalue weighted by Gasteiger charge is 2.33. The van der Waals surface area contributed by atoms with Crippen LogP contribution in [0.4, 0.5) is 16.2 Å². The average Bonchev–Trinajstić information content (AvgIpc) is 2.85. The summed E-state index contributed by atoms with van der Waals surface area (Å²) >= 11 is 0. The zero-order chi connectivity index (χ0) is 24.8. The molecule has 0 bridgehead atoms. The number of para-hydroxylation sites is 2. The van der Waals surface area contributed by atoms with Gasteiger partial charge in [0.2, 0.25) is 0 Å². The summed E-state index contributed by atoms with van der Waals surface area (Å²) in [6.45, 7) is 7.14. The van der Waals surface area contributed by atoms with Gasteiger partial charge in [-0.25, -0.2) is 4.79 Å². The molecule has 2 amide bonds. The van der Waals surface area contributed by atoms with E-state index in [1.807, 2.05) is 75.4 Å². The molecular formula is C28H32N4O3. The monoisotopic (exact) mass is 472 g/mol. The number of carbonyl (C=O) groups is 2. The van der Waals surface area contributed by atoms with Gasteiger partial charge in [-0.15, -0.1) is 0 Å². The molecule has 182 valence electrons. The fourth-order valence-electron chi connectivity index (χ4n) is 4.22. The maximum absolute atomic E-state index is 13.6. The summed E-state index contributed by atoms with van der Waals surface area (Å²) in [6.07, 6.45) is 2.83. The fourth-order valence-corrected chi connectivity index (χ4v) is 4.22. The number of piperidine rings is 1. The first-order valence-corrected chi connectivity index (χ1v) is 12.0. The van der Waals surface area contributed by atoms with Gasteiger partial charge in [0.05, 0.1) is 22.6 Å². The van der Waals surface area contributed by atoms with Crippen LogP contribution in [0, 0.1) is 0 Å². The average molecular weight is 473 g/mol. The van der Waals surface area contributed by atoms with E-state index in [2.05, 4.69) is 15.6 Å². The summed E-state index contributed by atoms with van der Waals surface area (Å²) < 4.78 is 5.76. The van der Waals surface area contributed by atoms with Crippen LogP contribution in [0.5, 0.6) is 0 Å². The van der Waals surface area contributed by atoms with E-state index in [1.54, 1.807) is 23.2 Å². The third-order valence-electron chi connectivity index (χ3n) is 5.79. The number of nitrogens with one attached hydrogen (secondary N) is 2. The minimum absolute atomic E-state index is 0.0687. The van der Waals surface area contributed by atoms with Crippen LogP contribution in [0.15, 0.2) is 72.9 Å². The topological polar surface area (TPSA) is 83.6 Å². The Morgan fingerprint density at radius 2 is 1.66 bits per heavy atom. The highest BCUT2D eigenvalue weighted by Crippen LogP contribution is 2.31. The highest BCUT2D eigenvalue weighted by molar-refractivity contribution is 6.11. The van der Waals surface area contributed by atoms with Crippen molar-refractivity contribution in [2.75, 3.05) is 23.3 Å². The predicted octanol–water partition coefficient (Wildman–Crippen LogP) is 5.49. The summed E-state index contributed by atoms with van der Waals surface area (Å²) in [5.41, 5.74) is 2.54. The molecular weight excluding hydrogens is 440 g/mol. The van der Waals surface area contributed by atoms with Gasteiger partial charge in [-0.05, 0) is 77.0 Å². The number of benzene rings is 2. The Morgan fingerprint density at radius 3 is 2.37 bits per heavy atom. The van der Waals surface area contributed by atoms with Crippen molar-refractivity contribution in [3.05, 3.63) is 78.5 Å². The van der Waals surface area contributed by atoms with Crippen molar-refractivity contribution >= 4 is 23.4 Å². The SMILES string of the molecule is CC(C)(C)OC(=O)N(c1ccccc1C(=O)Nc1ccccc1-c1ccccn1)C1CCNCC1. The van der Waals surface area contributed by atoms with Crippen LogP contribution >= 0.6 is 0 Å². The molecule has 1 aliphatic heterocycles. The lowest BCUT2D eigenvalue weighted by atomic mass is 10.0. The van der Waals surface area contributed by atoms with E-state index in [-0.39, 0.29) is 11.9 Å². The van der Waals surface area contributed by atoms with Crippen LogP contribution in [0.2, 0.25) is 0 Å². The molecule has 3 aromatic rings. The number of nitrogens with zero attached hydrogens (tertiary/aromatic N) is 2. The molecule has 1 aromatic heterocycles. The molecule has 0 unspecified atom stereocenters. The van der Waals surface area contributed by atoms with Crippen molar-refractivity contribution in [1.29, 1.82) is 0 Å². The molecule has 0 atom stereocenters. The Balaban J connectivity index is 1.68. The minimum atomic E-state index is -0.652. The summed E-state index contributed by atoms with van der Waals surface area (Å²) in [5.74, 6) is -0.300. The van der Waals surface area contributed by atoms with Gasteiger partial charge in [0.1, 0.15) is 5.60 Å². The lowest BCUT2D eigenvalue weighted by molar-refractivity contribution is 0.0559. The zero-order valence-electron chi connectivity index (χ0n) is 20.5. The van der Waals surface area contributed by atoms with E-state index in [0.717, 1.165) is 37.2 Å². The maximum Gasteiger partial charge on any atom is 0.415 e. The maximum atomic E-state index is 13.6. The molecule has 0 radical (unpaired) electrons. The first kappa shape index (κ1) is 24.4. The Kier molecular flexibility index (Phi) is 7.46. The van der Waals surface area contributed by atoms with Gasteiger partial charge >= 0.3 is 6.09 Å². The molecule has 2 aromatic carbocycles. The van der Waals surface area contributed by atoms with E-state index in [4.69, 9.17) is 4.74 Å². The Morgan fingerprint density at radius 1 is 0.971 bits per heavy atom. The van der Waals surface area contributed by atoms with Crippen molar-refractivity contribution in [1.82, 2.24) is 10.3 Å². The van der Waals surface area contributed by atoms with Gasteiger partial charge in [0.25, 0.3) is 5.91 Å². The van der Waals surface area contributed by atoms with Crippen molar-refractivity contribution in [2.45, 2.75) is 45.3 Å². The summed E-state index contributed by atoms with van der Waals surface area (Å²) in [4.78, 5) is 33.1. The second-order valence-corrected chi connectivity index (χ2v) is 9.56. The molecule has 2 N–H and O–H groups in total. The molecule has 0 aliphatic carbocycles. The lowest BCUT2D eigenvalue weighted by Gasteiger charge is -2.36. The number of hydrogen-bond acceptors (Lipinski definition) is 5. The minimum Gasteiger partial charge on any atom is -0.443 e. The first-order valence-electron chi connectivity index (χ1n) is 12.0. The van der Waals surface area contributed by atoms with E-state index < -0.39 is 11.7 Å². The Hall–Kier alpha value is -3.71. The van der Waals surface area contributed by atoms with Gasteiger partial charge < -0.3 is 15.4 Å². The van der Waals surface area contributed by atoms with E-state index in [9.17, 15) is 9.59 Å². The van der Waals surface area contributed by atoms with Crippen LogP contribution in [0.1, 0.15) is 44.0 Å². The molecule has 35 heavy (non-hydrogen) atoms. The smallest absolute Gasteiger partial charge is 0.415 e. The number of aromatic nitrogens is 1. The van der Waals surface area contributed by atoms with Crippen LogP contribution in [0.25, 0.3) is 11.3 Å². The largest absolute Gasteiger partial charge is 0.443 e. The van der Waals surface area contributed by atoms with E-state index >= 15 is 0 Å². The first-order chi connectivity index (χ1) is 16.8. The van der Waals surface area contributed by atoms with Crippen molar-refractivity contribution in [2.24, 2.45) is 0 Å². The number of amides is 2. The summed E-state index contributed by atoms with van der Waals surface area (Å²) in [6, 6.07) is 20.4. The number of rotatable bonds is 5. The van der Waals surface area contributed by atoms with Crippen LogP contribution < -0.4 is 15.5 Å². The number of ether oxygens (including phenoxy) is 1. The number of pyridine rings is 1. The zero-order valence-corrected chi connectivity index (χ0v) is 20.5. The van der Waals surface area contributed by atoms with Gasteiger partial charge in [0.15, 0.2) is 0 Å².